The van der Waals surface area contributed by atoms with Gasteiger partial charge in [-0.1, -0.05) is 18.2 Å². The molecule has 0 radical (unpaired) electrons. The van der Waals surface area contributed by atoms with Gasteiger partial charge in [0.15, 0.2) is 9.84 Å². The van der Waals surface area contributed by atoms with Crippen molar-refractivity contribution in [1.29, 1.82) is 0 Å². The predicted octanol–water partition coefficient (Wildman–Crippen LogP) is 3.62. The van der Waals surface area contributed by atoms with E-state index < -0.39 is 9.84 Å². The number of anilines is 1. The van der Waals surface area contributed by atoms with Crippen LogP contribution >= 0.6 is 15.9 Å². The van der Waals surface area contributed by atoms with Crippen molar-refractivity contribution >= 4 is 31.5 Å². The molecule has 106 valence electrons. The van der Waals surface area contributed by atoms with Crippen molar-refractivity contribution in [1.82, 2.24) is 0 Å². The molecule has 0 heterocycles. The normalized spacial score (nSPS) is 11.6. The highest BCUT2D eigenvalue weighted by molar-refractivity contribution is 9.10. The van der Waals surface area contributed by atoms with Gasteiger partial charge in [0.2, 0.25) is 0 Å². The molecule has 3 nitrogen and oxygen atoms in total. The lowest BCUT2D eigenvalue weighted by Gasteiger charge is -2.09. The lowest BCUT2D eigenvalue weighted by molar-refractivity contribution is 0.595. The van der Waals surface area contributed by atoms with E-state index in [1.165, 1.54) is 0 Å². The Labute approximate surface area is 127 Å². The molecule has 5 heteroatoms. The number of hydrogen-bond donors (Lipinski definition) is 1. The Morgan fingerprint density at radius 3 is 2.45 bits per heavy atom. The first-order valence-electron chi connectivity index (χ1n) is 6.14. The van der Waals surface area contributed by atoms with E-state index in [0.29, 0.717) is 20.6 Å². The van der Waals surface area contributed by atoms with Crippen molar-refractivity contribution in [3.63, 3.8) is 0 Å². The highest BCUT2D eigenvalue weighted by atomic mass is 79.9. The molecule has 2 rings (SSSR count). The first-order chi connectivity index (χ1) is 9.31. The van der Waals surface area contributed by atoms with Crippen LogP contribution in [0.2, 0.25) is 0 Å². The van der Waals surface area contributed by atoms with Gasteiger partial charge in [-0.3, -0.25) is 0 Å². The van der Waals surface area contributed by atoms with Crippen LogP contribution < -0.4 is 5.73 Å². The van der Waals surface area contributed by atoms with E-state index in [9.17, 15) is 8.42 Å². The third-order valence-electron chi connectivity index (χ3n) is 3.29. The molecule has 0 unspecified atom stereocenters. The molecule has 2 aromatic rings. The number of aryl methyl sites for hydroxylation is 2. The van der Waals surface area contributed by atoms with Gasteiger partial charge >= 0.3 is 0 Å². The second-order valence-corrected chi connectivity index (χ2v) is 7.61. The van der Waals surface area contributed by atoms with Gasteiger partial charge in [-0.25, -0.2) is 8.42 Å². The fourth-order valence-electron chi connectivity index (χ4n) is 1.91. The van der Waals surface area contributed by atoms with Crippen LogP contribution in [0.1, 0.15) is 16.7 Å². The number of hydrogen-bond acceptors (Lipinski definition) is 3. The number of benzene rings is 2. The minimum Gasteiger partial charge on any atom is -0.398 e. The molecule has 0 aliphatic rings. The molecule has 0 saturated carbocycles. The number of rotatable bonds is 3. The van der Waals surface area contributed by atoms with Gasteiger partial charge in [0.05, 0.1) is 10.6 Å². The maximum atomic E-state index is 12.5. The molecular weight excluding hydrogens is 338 g/mol. The second-order valence-electron chi connectivity index (χ2n) is 4.83. The Hall–Kier alpha value is -1.33. The van der Waals surface area contributed by atoms with Crippen molar-refractivity contribution in [3.8, 4) is 0 Å². The first-order valence-corrected chi connectivity index (χ1v) is 8.58. The van der Waals surface area contributed by atoms with Crippen LogP contribution in [-0.4, -0.2) is 8.42 Å². The highest BCUT2D eigenvalue weighted by Gasteiger charge is 2.18. The van der Waals surface area contributed by atoms with Crippen molar-refractivity contribution in [2.45, 2.75) is 24.5 Å². The summed E-state index contributed by atoms with van der Waals surface area (Å²) >= 11 is 3.34. The minimum atomic E-state index is -3.38. The topological polar surface area (TPSA) is 60.2 Å². The molecule has 0 aromatic heterocycles. The Bertz CT molecular complexity index is 754. The van der Waals surface area contributed by atoms with Gasteiger partial charge in [-0.15, -0.1) is 0 Å². The van der Waals surface area contributed by atoms with Crippen molar-refractivity contribution in [2.24, 2.45) is 0 Å². The van der Waals surface area contributed by atoms with Crippen LogP contribution in [0.25, 0.3) is 0 Å². The number of halogens is 1. The molecule has 0 amide bonds. The van der Waals surface area contributed by atoms with Crippen LogP contribution in [0.3, 0.4) is 0 Å². The van der Waals surface area contributed by atoms with Gasteiger partial charge in [0, 0.05) is 10.2 Å². The molecular formula is C15H16BrNO2S. The van der Waals surface area contributed by atoms with Crippen LogP contribution in [0, 0.1) is 13.8 Å². The molecule has 0 saturated heterocycles. The molecule has 0 atom stereocenters. The maximum Gasteiger partial charge on any atom is 0.182 e. The average Bonchev–Trinajstić information content (AvgIpc) is 2.38. The number of sulfone groups is 1. The quantitative estimate of drug-likeness (QED) is 0.857. The zero-order valence-electron chi connectivity index (χ0n) is 11.4. The van der Waals surface area contributed by atoms with Gasteiger partial charge in [-0.05, 0) is 64.7 Å². The zero-order chi connectivity index (χ0) is 14.9. The van der Waals surface area contributed by atoms with E-state index in [0.717, 1.165) is 11.1 Å². The summed E-state index contributed by atoms with van der Waals surface area (Å²) in [5.74, 6) is -0.0683. The summed E-state index contributed by atoms with van der Waals surface area (Å²) in [5, 5.41) is 0. The minimum absolute atomic E-state index is 0.0683. The van der Waals surface area contributed by atoms with Crippen LogP contribution in [-0.2, 0) is 15.6 Å². The summed E-state index contributed by atoms with van der Waals surface area (Å²) in [6.45, 7) is 3.87. The van der Waals surface area contributed by atoms with E-state index in [1.807, 2.05) is 19.9 Å². The fourth-order valence-corrected chi connectivity index (χ4v) is 3.95. The summed E-state index contributed by atoms with van der Waals surface area (Å²) in [6, 6.07) is 10.4. The molecule has 0 spiro atoms. The van der Waals surface area contributed by atoms with E-state index in [4.69, 9.17) is 5.73 Å². The number of nitrogens with two attached hydrogens (primary N) is 1. The lowest BCUT2D eigenvalue weighted by atomic mass is 10.1. The molecule has 20 heavy (non-hydrogen) atoms. The van der Waals surface area contributed by atoms with Gasteiger partial charge in [-0.2, -0.15) is 0 Å². The van der Waals surface area contributed by atoms with E-state index in [1.54, 1.807) is 30.3 Å². The first kappa shape index (κ1) is 15.1. The van der Waals surface area contributed by atoms with Gasteiger partial charge in [0.25, 0.3) is 0 Å². The molecule has 0 fully saturated rings. The van der Waals surface area contributed by atoms with E-state index in [-0.39, 0.29) is 5.75 Å². The van der Waals surface area contributed by atoms with Crippen molar-refractivity contribution in [3.05, 3.63) is 57.6 Å². The smallest absolute Gasteiger partial charge is 0.182 e. The van der Waals surface area contributed by atoms with E-state index in [2.05, 4.69) is 15.9 Å². The largest absolute Gasteiger partial charge is 0.398 e. The fraction of sp³-hybridized carbons (Fsp3) is 0.200. The second kappa shape index (κ2) is 5.58. The molecule has 0 bridgehead atoms. The van der Waals surface area contributed by atoms with Gasteiger partial charge in [0.1, 0.15) is 0 Å². The predicted molar refractivity (Wildman–Crippen MR) is 85.4 cm³/mol. The Morgan fingerprint density at radius 2 is 1.80 bits per heavy atom. The molecule has 2 aromatic carbocycles. The Balaban J connectivity index is 2.41. The van der Waals surface area contributed by atoms with Crippen molar-refractivity contribution < 1.29 is 8.42 Å². The maximum absolute atomic E-state index is 12.5. The average molecular weight is 354 g/mol. The Morgan fingerprint density at radius 1 is 1.10 bits per heavy atom. The monoisotopic (exact) mass is 353 g/mol. The molecule has 0 aliphatic heterocycles. The summed E-state index contributed by atoms with van der Waals surface area (Å²) in [5.41, 5.74) is 9.04. The summed E-state index contributed by atoms with van der Waals surface area (Å²) < 4.78 is 25.6. The lowest BCUT2D eigenvalue weighted by Crippen LogP contribution is -2.06. The third-order valence-corrected chi connectivity index (χ3v) is 5.92. The summed E-state index contributed by atoms with van der Waals surface area (Å²) in [4.78, 5) is 0.343. The molecule has 0 aliphatic carbocycles. The van der Waals surface area contributed by atoms with Crippen LogP contribution in [0.5, 0.6) is 0 Å². The van der Waals surface area contributed by atoms with Gasteiger partial charge < -0.3 is 5.73 Å². The highest BCUT2D eigenvalue weighted by Crippen LogP contribution is 2.27. The molecule has 2 N–H and O–H groups in total. The zero-order valence-corrected chi connectivity index (χ0v) is 13.8. The third kappa shape index (κ3) is 3.04. The van der Waals surface area contributed by atoms with Crippen LogP contribution in [0.4, 0.5) is 5.69 Å². The number of nitrogen functional groups attached to an aromatic ring is 1. The SMILES string of the molecule is Cc1ccc(S(=O)(=O)Cc2cccc(N)c2Br)cc1C. The van der Waals surface area contributed by atoms with Crippen molar-refractivity contribution in [2.75, 3.05) is 5.73 Å². The standard InChI is InChI=1S/C15H16BrNO2S/c1-10-6-7-13(8-11(10)2)20(18,19)9-12-4-3-5-14(17)15(12)16/h3-8H,9,17H2,1-2H3. The van der Waals surface area contributed by atoms with E-state index >= 15 is 0 Å². The summed E-state index contributed by atoms with van der Waals surface area (Å²) in [6.07, 6.45) is 0. The summed E-state index contributed by atoms with van der Waals surface area (Å²) in [7, 11) is -3.38. The Kier molecular flexibility index (Phi) is 4.20. The van der Waals surface area contributed by atoms with Crippen LogP contribution in [0.15, 0.2) is 45.8 Å².